The minimum absolute atomic E-state index is 0.701. The van der Waals surface area contributed by atoms with Crippen molar-refractivity contribution in [2.45, 2.75) is 0 Å². The number of aromatic nitrogens is 1. The monoisotopic (exact) mass is 308 g/mol. The molecule has 0 bridgehead atoms. The van der Waals surface area contributed by atoms with Crippen LogP contribution in [0.25, 0.3) is 0 Å². The molecule has 0 fully saturated rings. The highest BCUT2D eigenvalue weighted by molar-refractivity contribution is 9.10. The summed E-state index contributed by atoms with van der Waals surface area (Å²) >= 11 is 3.44. The van der Waals surface area contributed by atoms with Gasteiger partial charge in [0.05, 0.1) is 24.4 Å². The number of benzene rings is 1. The molecule has 0 radical (unpaired) electrons. The van der Waals surface area contributed by atoms with Crippen molar-refractivity contribution in [3.63, 3.8) is 0 Å². The highest BCUT2D eigenvalue weighted by atomic mass is 79.9. The van der Waals surface area contributed by atoms with E-state index in [1.165, 1.54) is 0 Å². The van der Waals surface area contributed by atoms with Gasteiger partial charge < -0.3 is 14.8 Å². The number of rotatable bonds is 4. The van der Waals surface area contributed by atoms with Crippen LogP contribution in [0.4, 0.5) is 11.5 Å². The minimum atomic E-state index is 0.701. The highest BCUT2D eigenvalue weighted by Gasteiger charge is 2.07. The number of nitrogens with zero attached hydrogens (tertiary/aromatic N) is 1. The second-order valence-electron chi connectivity index (χ2n) is 3.53. The number of ether oxygens (including phenoxy) is 2. The molecule has 1 aromatic carbocycles. The lowest BCUT2D eigenvalue weighted by atomic mass is 10.2. The third-order valence-electron chi connectivity index (χ3n) is 2.42. The molecule has 1 N–H and O–H groups in total. The maximum atomic E-state index is 5.31. The third kappa shape index (κ3) is 2.73. The first-order valence-corrected chi connectivity index (χ1v) is 6.13. The van der Waals surface area contributed by atoms with Gasteiger partial charge in [-0.2, -0.15) is 0 Å². The topological polar surface area (TPSA) is 43.4 Å². The average Bonchev–Trinajstić information content (AvgIpc) is 2.41. The summed E-state index contributed by atoms with van der Waals surface area (Å²) in [4.78, 5) is 4.25. The van der Waals surface area contributed by atoms with Crippen LogP contribution in [0.15, 0.2) is 41.0 Å². The Hall–Kier alpha value is -1.75. The normalized spacial score (nSPS) is 9.94. The summed E-state index contributed by atoms with van der Waals surface area (Å²) in [6.45, 7) is 0. The van der Waals surface area contributed by atoms with E-state index in [0.29, 0.717) is 5.75 Å². The van der Waals surface area contributed by atoms with Crippen LogP contribution in [0, 0.1) is 0 Å². The molecule has 0 amide bonds. The lowest BCUT2D eigenvalue weighted by Crippen LogP contribution is -1.97. The Morgan fingerprint density at radius 2 is 2.00 bits per heavy atom. The predicted octanol–water partition coefficient (Wildman–Crippen LogP) is 3.60. The van der Waals surface area contributed by atoms with Crippen molar-refractivity contribution >= 4 is 27.4 Å². The number of pyridine rings is 1. The maximum absolute atomic E-state index is 5.31. The second kappa shape index (κ2) is 5.73. The van der Waals surface area contributed by atoms with Crippen molar-refractivity contribution in [2.24, 2.45) is 0 Å². The van der Waals surface area contributed by atoms with Gasteiger partial charge in [0.1, 0.15) is 17.3 Å². The molecule has 0 aliphatic rings. The van der Waals surface area contributed by atoms with Gasteiger partial charge in [-0.15, -0.1) is 0 Å². The minimum Gasteiger partial charge on any atom is -0.497 e. The van der Waals surface area contributed by atoms with Crippen molar-refractivity contribution in [3.8, 4) is 11.5 Å². The van der Waals surface area contributed by atoms with Crippen LogP contribution >= 0.6 is 15.9 Å². The van der Waals surface area contributed by atoms with Crippen LogP contribution in [-0.4, -0.2) is 19.2 Å². The van der Waals surface area contributed by atoms with Crippen molar-refractivity contribution in [1.82, 2.24) is 4.98 Å². The Labute approximate surface area is 114 Å². The smallest absolute Gasteiger partial charge is 0.146 e. The van der Waals surface area contributed by atoms with Gasteiger partial charge in [0, 0.05) is 12.3 Å². The van der Waals surface area contributed by atoms with Crippen LogP contribution in [0.1, 0.15) is 0 Å². The van der Waals surface area contributed by atoms with E-state index >= 15 is 0 Å². The maximum Gasteiger partial charge on any atom is 0.146 e. The van der Waals surface area contributed by atoms with Gasteiger partial charge in [-0.25, -0.2) is 4.98 Å². The first-order chi connectivity index (χ1) is 8.74. The molecule has 0 atom stereocenters. The SMILES string of the molecule is COc1ccc(Nc2ncccc2Br)c(OC)c1. The molecule has 0 saturated heterocycles. The van der Waals surface area contributed by atoms with Crippen molar-refractivity contribution in [1.29, 1.82) is 0 Å². The molecule has 0 spiro atoms. The Morgan fingerprint density at radius 3 is 2.67 bits per heavy atom. The van der Waals surface area contributed by atoms with E-state index in [2.05, 4.69) is 26.2 Å². The zero-order chi connectivity index (χ0) is 13.0. The van der Waals surface area contributed by atoms with E-state index in [1.54, 1.807) is 20.4 Å². The first kappa shape index (κ1) is 12.7. The van der Waals surface area contributed by atoms with E-state index in [0.717, 1.165) is 21.7 Å². The quantitative estimate of drug-likeness (QED) is 0.937. The number of methoxy groups -OCH3 is 2. The number of halogens is 1. The van der Waals surface area contributed by atoms with E-state index in [1.807, 2.05) is 30.3 Å². The second-order valence-corrected chi connectivity index (χ2v) is 4.38. The van der Waals surface area contributed by atoms with Crippen molar-refractivity contribution in [2.75, 3.05) is 19.5 Å². The van der Waals surface area contributed by atoms with Gasteiger partial charge in [-0.1, -0.05) is 0 Å². The van der Waals surface area contributed by atoms with E-state index in [9.17, 15) is 0 Å². The molecule has 0 aliphatic carbocycles. The number of hydrogen-bond donors (Lipinski definition) is 1. The molecular formula is C13H13BrN2O2. The zero-order valence-electron chi connectivity index (χ0n) is 10.1. The summed E-state index contributed by atoms with van der Waals surface area (Å²) in [5.74, 6) is 2.19. The molecular weight excluding hydrogens is 296 g/mol. The summed E-state index contributed by atoms with van der Waals surface area (Å²) in [5, 5.41) is 3.20. The van der Waals surface area contributed by atoms with Crippen molar-refractivity contribution < 1.29 is 9.47 Å². The van der Waals surface area contributed by atoms with Crippen LogP contribution in [0.5, 0.6) is 11.5 Å². The fraction of sp³-hybridized carbons (Fsp3) is 0.154. The lowest BCUT2D eigenvalue weighted by molar-refractivity contribution is 0.395. The van der Waals surface area contributed by atoms with Crippen molar-refractivity contribution in [3.05, 3.63) is 41.0 Å². The summed E-state index contributed by atoms with van der Waals surface area (Å²) in [5.41, 5.74) is 0.831. The molecule has 1 aromatic heterocycles. The van der Waals surface area contributed by atoms with Gasteiger partial charge in [0.25, 0.3) is 0 Å². The molecule has 0 saturated carbocycles. The fourth-order valence-corrected chi connectivity index (χ4v) is 1.86. The largest absolute Gasteiger partial charge is 0.497 e. The van der Waals surface area contributed by atoms with E-state index < -0.39 is 0 Å². The zero-order valence-corrected chi connectivity index (χ0v) is 11.7. The molecule has 2 aromatic rings. The summed E-state index contributed by atoms with van der Waals surface area (Å²) in [7, 11) is 3.24. The predicted molar refractivity (Wildman–Crippen MR) is 74.8 cm³/mol. The van der Waals surface area contributed by atoms with Gasteiger partial charge >= 0.3 is 0 Å². The van der Waals surface area contributed by atoms with Gasteiger partial charge in [0.2, 0.25) is 0 Å². The van der Waals surface area contributed by atoms with Crippen LogP contribution in [0.2, 0.25) is 0 Å². The Balaban J connectivity index is 2.32. The number of anilines is 2. The highest BCUT2D eigenvalue weighted by Crippen LogP contribution is 2.32. The van der Waals surface area contributed by atoms with Crippen LogP contribution < -0.4 is 14.8 Å². The van der Waals surface area contributed by atoms with Gasteiger partial charge in [-0.05, 0) is 40.2 Å². The molecule has 2 rings (SSSR count). The Morgan fingerprint density at radius 1 is 1.17 bits per heavy atom. The van der Waals surface area contributed by atoms with Crippen LogP contribution in [0.3, 0.4) is 0 Å². The molecule has 1 heterocycles. The van der Waals surface area contributed by atoms with Gasteiger partial charge in [0.15, 0.2) is 0 Å². The summed E-state index contributed by atoms with van der Waals surface area (Å²) in [6.07, 6.45) is 1.73. The van der Waals surface area contributed by atoms with Crippen LogP contribution in [-0.2, 0) is 0 Å². The summed E-state index contributed by atoms with van der Waals surface area (Å²) in [6, 6.07) is 9.35. The standard InChI is InChI=1S/C13H13BrN2O2/c1-17-9-5-6-11(12(8-9)18-2)16-13-10(14)4-3-7-15-13/h3-8H,1-2H3,(H,15,16). The number of nitrogens with one attached hydrogen (secondary N) is 1. The van der Waals surface area contributed by atoms with E-state index in [-0.39, 0.29) is 0 Å². The molecule has 4 nitrogen and oxygen atoms in total. The molecule has 5 heteroatoms. The molecule has 0 unspecified atom stereocenters. The average molecular weight is 309 g/mol. The fourth-order valence-electron chi connectivity index (χ4n) is 1.51. The molecule has 18 heavy (non-hydrogen) atoms. The Bertz CT molecular complexity index is 546. The number of hydrogen-bond acceptors (Lipinski definition) is 4. The van der Waals surface area contributed by atoms with Gasteiger partial charge in [-0.3, -0.25) is 0 Å². The molecule has 94 valence electrons. The lowest BCUT2D eigenvalue weighted by Gasteiger charge is -2.12. The first-order valence-electron chi connectivity index (χ1n) is 5.34. The third-order valence-corrected chi connectivity index (χ3v) is 3.06. The molecule has 0 aliphatic heterocycles. The van der Waals surface area contributed by atoms with E-state index in [4.69, 9.17) is 9.47 Å². The summed E-state index contributed by atoms with van der Waals surface area (Å²) < 4.78 is 11.4. The Kier molecular flexibility index (Phi) is 4.04.